The third-order valence-electron chi connectivity index (χ3n) is 2.98. The number of benzene rings is 1. The van der Waals surface area contributed by atoms with E-state index in [2.05, 4.69) is 10.0 Å². The summed E-state index contributed by atoms with van der Waals surface area (Å²) in [6.45, 7) is 1.35. The number of hydrogen-bond donors (Lipinski definition) is 3. The van der Waals surface area contributed by atoms with Crippen LogP contribution in [0.15, 0.2) is 41.4 Å². The molecule has 23 heavy (non-hydrogen) atoms. The standard InChI is InChI=1S/C14H16N4O4S/c1-9(19)16-10-4-3-5-11(6-10)17-23(21,22)12-7-13(14(15)20)18(2)8-12/h3-8,17H,1-2H3,(H2,15,20)(H,16,19). The van der Waals surface area contributed by atoms with Crippen molar-refractivity contribution in [2.75, 3.05) is 10.0 Å². The maximum absolute atomic E-state index is 12.4. The van der Waals surface area contributed by atoms with Gasteiger partial charge in [0.2, 0.25) is 5.91 Å². The predicted octanol–water partition coefficient (Wildman–Crippen LogP) is 0.883. The third kappa shape index (κ3) is 3.89. The van der Waals surface area contributed by atoms with Crippen molar-refractivity contribution in [3.63, 3.8) is 0 Å². The molecule has 2 rings (SSSR count). The zero-order valence-electron chi connectivity index (χ0n) is 12.5. The summed E-state index contributed by atoms with van der Waals surface area (Å²) in [4.78, 5) is 22.2. The molecule has 0 aliphatic heterocycles. The highest BCUT2D eigenvalue weighted by Crippen LogP contribution is 2.20. The Morgan fingerprint density at radius 1 is 1.17 bits per heavy atom. The molecule has 0 saturated heterocycles. The number of hydrogen-bond acceptors (Lipinski definition) is 4. The van der Waals surface area contributed by atoms with E-state index in [4.69, 9.17) is 5.73 Å². The highest BCUT2D eigenvalue weighted by atomic mass is 32.2. The fraction of sp³-hybridized carbons (Fsp3) is 0.143. The molecule has 0 aliphatic rings. The Labute approximate surface area is 133 Å². The summed E-state index contributed by atoms with van der Waals surface area (Å²) in [5.74, 6) is -0.985. The number of aromatic nitrogens is 1. The van der Waals surface area contributed by atoms with Gasteiger partial charge in [0, 0.05) is 25.9 Å². The molecule has 0 aliphatic carbocycles. The fourth-order valence-corrected chi connectivity index (χ4v) is 3.12. The second-order valence-corrected chi connectivity index (χ2v) is 6.59. The Balaban J connectivity index is 2.29. The van der Waals surface area contributed by atoms with Gasteiger partial charge in [-0.1, -0.05) is 6.07 Å². The fourth-order valence-electron chi connectivity index (χ4n) is 2.00. The molecule has 0 spiro atoms. The van der Waals surface area contributed by atoms with Crippen molar-refractivity contribution in [3.05, 3.63) is 42.2 Å². The molecule has 0 atom stereocenters. The topological polar surface area (TPSA) is 123 Å². The minimum atomic E-state index is -3.89. The summed E-state index contributed by atoms with van der Waals surface area (Å²) in [5.41, 5.74) is 6.00. The van der Waals surface area contributed by atoms with E-state index in [1.54, 1.807) is 18.2 Å². The monoisotopic (exact) mass is 336 g/mol. The lowest BCUT2D eigenvalue weighted by atomic mass is 10.3. The van der Waals surface area contributed by atoms with Crippen molar-refractivity contribution in [2.24, 2.45) is 12.8 Å². The summed E-state index contributed by atoms with van der Waals surface area (Å²) >= 11 is 0. The highest BCUT2D eigenvalue weighted by Gasteiger charge is 2.19. The number of carbonyl (C=O) groups is 2. The van der Waals surface area contributed by atoms with Crippen molar-refractivity contribution in [2.45, 2.75) is 11.8 Å². The number of nitrogens with two attached hydrogens (primary N) is 1. The van der Waals surface area contributed by atoms with Crippen LogP contribution in [0.1, 0.15) is 17.4 Å². The van der Waals surface area contributed by atoms with E-state index in [1.807, 2.05) is 0 Å². The van der Waals surface area contributed by atoms with Crippen molar-refractivity contribution in [3.8, 4) is 0 Å². The van der Waals surface area contributed by atoms with Crippen LogP contribution in [0, 0.1) is 0 Å². The molecule has 0 fully saturated rings. The van der Waals surface area contributed by atoms with Crippen molar-refractivity contribution in [1.82, 2.24) is 4.57 Å². The van der Waals surface area contributed by atoms with Crippen LogP contribution in [0.3, 0.4) is 0 Å². The molecule has 4 N–H and O–H groups in total. The van der Waals surface area contributed by atoms with Gasteiger partial charge in [-0.05, 0) is 24.3 Å². The number of primary amides is 1. The van der Waals surface area contributed by atoms with Gasteiger partial charge >= 0.3 is 0 Å². The molecule has 8 nitrogen and oxygen atoms in total. The van der Waals surface area contributed by atoms with Crippen LogP contribution >= 0.6 is 0 Å². The molecule has 2 aromatic rings. The second-order valence-electron chi connectivity index (χ2n) is 4.90. The SMILES string of the molecule is CC(=O)Nc1cccc(NS(=O)(=O)c2cc(C(N)=O)n(C)c2)c1. The number of carbonyl (C=O) groups excluding carboxylic acids is 2. The van der Waals surface area contributed by atoms with E-state index in [1.165, 1.54) is 36.9 Å². The first-order chi connectivity index (χ1) is 10.7. The minimum Gasteiger partial charge on any atom is -0.364 e. The van der Waals surface area contributed by atoms with Crippen molar-refractivity contribution >= 4 is 33.2 Å². The molecule has 9 heteroatoms. The van der Waals surface area contributed by atoms with Crippen LogP contribution in [-0.4, -0.2) is 24.8 Å². The molecule has 0 radical (unpaired) electrons. The third-order valence-corrected chi connectivity index (χ3v) is 4.33. The van der Waals surface area contributed by atoms with E-state index in [-0.39, 0.29) is 22.2 Å². The van der Waals surface area contributed by atoms with Crippen LogP contribution in [-0.2, 0) is 21.9 Å². The van der Waals surface area contributed by atoms with Gasteiger partial charge in [-0.2, -0.15) is 0 Å². The van der Waals surface area contributed by atoms with E-state index in [0.717, 1.165) is 0 Å². The number of rotatable bonds is 5. The Morgan fingerprint density at radius 3 is 2.39 bits per heavy atom. The Morgan fingerprint density at radius 2 is 1.83 bits per heavy atom. The van der Waals surface area contributed by atoms with Crippen molar-refractivity contribution in [1.29, 1.82) is 0 Å². The smallest absolute Gasteiger partial charge is 0.265 e. The molecular weight excluding hydrogens is 320 g/mol. The van der Waals surface area contributed by atoms with Crippen LogP contribution in [0.5, 0.6) is 0 Å². The summed E-state index contributed by atoms with van der Waals surface area (Å²) in [7, 11) is -2.36. The van der Waals surface area contributed by atoms with E-state index < -0.39 is 15.9 Å². The Bertz CT molecular complexity index is 871. The van der Waals surface area contributed by atoms with Gasteiger partial charge < -0.3 is 15.6 Å². The quantitative estimate of drug-likeness (QED) is 0.750. The minimum absolute atomic E-state index is 0.0809. The largest absolute Gasteiger partial charge is 0.364 e. The lowest BCUT2D eigenvalue weighted by Gasteiger charge is -2.08. The van der Waals surface area contributed by atoms with Gasteiger partial charge in [-0.3, -0.25) is 14.3 Å². The first-order valence-corrected chi connectivity index (χ1v) is 8.04. The lowest BCUT2D eigenvalue weighted by molar-refractivity contribution is -0.114. The first kappa shape index (κ1) is 16.6. The van der Waals surface area contributed by atoms with Gasteiger partial charge in [0.05, 0.1) is 5.69 Å². The molecule has 1 aromatic heterocycles. The zero-order valence-corrected chi connectivity index (χ0v) is 13.3. The number of nitrogens with one attached hydrogen (secondary N) is 2. The molecule has 1 heterocycles. The Kier molecular flexibility index (Phi) is 4.41. The average Bonchev–Trinajstić information content (AvgIpc) is 2.81. The van der Waals surface area contributed by atoms with E-state index >= 15 is 0 Å². The van der Waals surface area contributed by atoms with Crippen LogP contribution < -0.4 is 15.8 Å². The maximum Gasteiger partial charge on any atom is 0.265 e. The number of amides is 2. The summed E-state index contributed by atoms with van der Waals surface area (Å²) in [5, 5.41) is 2.56. The maximum atomic E-state index is 12.4. The molecule has 0 bridgehead atoms. The van der Waals surface area contributed by atoms with Crippen LogP contribution in [0.4, 0.5) is 11.4 Å². The van der Waals surface area contributed by atoms with E-state index in [0.29, 0.717) is 5.69 Å². The van der Waals surface area contributed by atoms with Gasteiger partial charge in [0.25, 0.3) is 15.9 Å². The number of aryl methyl sites for hydroxylation is 1. The number of nitrogens with zero attached hydrogens (tertiary/aromatic N) is 1. The van der Waals surface area contributed by atoms with Gasteiger partial charge in [-0.25, -0.2) is 8.42 Å². The van der Waals surface area contributed by atoms with Crippen molar-refractivity contribution < 1.29 is 18.0 Å². The van der Waals surface area contributed by atoms with Gasteiger partial charge in [0.1, 0.15) is 10.6 Å². The number of sulfonamides is 1. The Hall–Kier alpha value is -2.81. The molecule has 0 unspecified atom stereocenters. The highest BCUT2D eigenvalue weighted by molar-refractivity contribution is 7.92. The lowest BCUT2D eigenvalue weighted by Crippen LogP contribution is -2.14. The number of anilines is 2. The van der Waals surface area contributed by atoms with E-state index in [9.17, 15) is 18.0 Å². The second kappa shape index (κ2) is 6.13. The molecule has 1 aromatic carbocycles. The molecule has 2 amide bonds. The van der Waals surface area contributed by atoms with Crippen LogP contribution in [0.2, 0.25) is 0 Å². The van der Waals surface area contributed by atoms with Gasteiger partial charge in [-0.15, -0.1) is 0 Å². The van der Waals surface area contributed by atoms with Crippen LogP contribution in [0.25, 0.3) is 0 Å². The molecular formula is C14H16N4O4S. The normalized spacial score (nSPS) is 11.0. The first-order valence-electron chi connectivity index (χ1n) is 6.55. The summed E-state index contributed by atoms with van der Waals surface area (Å²) in [6.07, 6.45) is 1.29. The van der Waals surface area contributed by atoms with Gasteiger partial charge in [0.15, 0.2) is 0 Å². The summed E-state index contributed by atoms with van der Waals surface area (Å²) < 4.78 is 28.4. The molecule has 122 valence electrons. The average molecular weight is 336 g/mol. The zero-order chi connectivity index (χ0) is 17.2. The summed E-state index contributed by atoms with van der Waals surface area (Å²) in [6, 6.07) is 7.45. The molecule has 0 saturated carbocycles. The predicted molar refractivity (Wildman–Crippen MR) is 85.5 cm³/mol.